The summed E-state index contributed by atoms with van der Waals surface area (Å²) in [4.78, 5) is 3.72. The molecule has 5 nitrogen and oxygen atoms in total. The average Bonchev–Trinajstić information content (AvgIpc) is 3.15. The Bertz CT molecular complexity index is 771. The summed E-state index contributed by atoms with van der Waals surface area (Å²) in [6.07, 6.45) is 5.65. The minimum atomic E-state index is -0.0461. The minimum absolute atomic E-state index is 0.0461. The number of aliphatic hydroxyl groups is 1. The van der Waals surface area contributed by atoms with Crippen molar-refractivity contribution in [2.45, 2.75) is 38.6 Å². The fourth-order valence-electron chi connectivity index (χ4n) is 3.08. The van der Waals surface area contributed by atoms with Crippen molar-refractivity contribution in [2.75, 3.05) is 13.1 Å². The normalized spacial score (nSPS) is 19.1. The van der Waals surface area contributed by atoms with E-state index in [4.69, 9.17) is 12.2 Å². The quantitative estimate of drug-likeness (QED) is 0.844. The molecule has 2 aromatic rings. The highest BCUT2D eigenvalue weighted by molar-refractivity contribution is 7.71. The number of hydrogen-bond acceptors (Lipinski definition) is 5. The highest BCUT2D eigenvalue weighted by Crippen LogP contribution is 2.36. The lowest BCUT2D eigenvalue weighted by Crippen LogP contribution is -2.31. The SMILES string of the molecule is OCc1nn(CN2CC=C(c3cccs3)CC2)c(=S)n1C1CC1. The summed E-state index contributed by atoms with van der Waals surface area (Å²) in [6, 6.07) is 4.74. The zero-order valence-electron chi connectivity index (χ0n) is 12.9. The van der Waals surface area contributed by atoms with Gasteiger partial charge in [-0.2, -0.15) is 5.10 Å². The van der Waals surface area contributed by atoms with Crippen molar-refractivity contribution in [3.63, 3.8) is 0 Å². The molecule has 0 saturated heterocycles. The largest absolute Gasteiger partial charge is 0.388 e. The number of aromatic nitrogens is 3. The van der Waals surface area contributed by atoms with Gasteiger partial charge >= 0.3 is 0 Å². The Morgan fingerprint density at radius 1 is 1.39 bits per heavy atom. The molecule has 0 amide bonds. The third-order valence-electron chi connectivity index (χ3n) is 4.46. The van der Waals surface area contributed by atoms with Crippen LogP contribution in [-0.2, 0) is 13.3 Å². The van der Waals surface area contributed by atoms with Gasteiger partial charge in [-0.1, -0.05) is 12.1 Å². The molecule has 0 bridgehead atoms. The lowest BCUT2D eigenvalue weighted by atomic mass is 10.1. The van der Waals surface area contributed by atoms with Gasteiger partial charge in [0.2, 0.25) is 0 Å². The summed E-state index contributed by atoms with van der Waals surface area (Å²) in [7, 11) is 0. The van der Waals surface area contributed by atoms with Crippen LogP contribution in [0.3, 0.4) is 0 Å². The summed E-state index contributed by atoms with van der Waals surface area (Å²) in [5, 5.41) is 16.2. The van der Waals surface area contributed by atoms with E-state index in [-0.39, 0.29) is 6.61 Å². The fourth-order valence-corrected chi connectivity index (χ4v) is 4.23. The topological polar surface area (TPSA) is 46.2 Å². The third kappa shape index (κ3) is 3.06. The van der Waals surface area contributed by atoms with Crippen molar-refractivity contribution in [3.05, 3.63) is 39.1 Å². The van der Waals surface area contributed by atoms with Gasteiger partial charge in [0.25, 0.3) is 0 Å². The molecule has 23 heavy (non-hydrogen) atoms. The first-order valence-corrected chi connectivity index (χ1v) is 9.29. The van der Waals surface area contributed by atoms with Crippen LogP contribution in [0, 0.1) is 4.77 Å². The van der Waals surface area contributed by atoms with Gasteiger partial charge in [-0.25, -0.2) is 4.68 Å². The van der Waals surface area contributed by atoms with Gasteiger partial charge < -0.3 is 5.11 Å². The van der Waals surface area contributed by atoms with Crippen LogP contribution < -0.4 is 0 Å². The van der Waals surface area contributed by atoms with E-state index in [0.29, 0.717) is 18.5 Å². The molecule has 0 radical (unpaired) electrons. The maximum Gasteiger partial charge on any atom is 0.199 e. The second-order valence-electron chi connectivity index (χ2n) is 6.13. The van der Waals surface area contributed by atoms with Gasteiger partial charge in [0.1, 0.15) is 6.61 Å². The zero-order valence-corrected chi connectivity index (χ0v) is 14.5. The van der Waals surface area contributed by atoms with E-state index >= 15 is 0 Å². The monoisotopic (exact) mass is 348 g/mol. The molecule has 2 aromatic heterocycles. The van der Waals surface area contributed by atoms with Crippen molar-refractivity contribution in [1.29, 1.82) is 0 Å². The molecule has 1 fully saturated rings. The summed E-state index contributed by atoms with van der Waals surface area (Å²) in [5.41, 5.74) is 1.44. The molecule has 1 aliphatic carbocycles. The van der Waals surface area contributed by atoms with E-state index in [2.05, 4.69) is 33.6 Å². The Labute approximate surface area is 144 Å². The molecule has 0 aromatic carbocycles. The third-order valence-corrected chi connectivity index (χ3v) is 5.81. The van der Waals surface area contributed by atoms with Crippen molar-refractivity contribution < 1.29 is 5.11 Å². The van der Waals surface area contributed by atoms with Gasteiger partial charge in [0.05, 0.1) is 6.67 Å². The molecule has 0 unspecified atom stereocenters. The molecule has 1 saturated carbocycles. The van der Waals surface area contributed by atoms with Gasteiger partial charge in [-0.05, 0) is 48.5 Å². The van der Waals surface area contributed by atoms with Gasteiger partial charge in [0, 0.05) is 24.0 Å². The van der Waals surface area contributed by atoms with Gasteiger partial charge in [-0.3, -0.25) is 9.47 Å². The second-order valence-corrected chi connectivity index (χ2v) is 7.45. The van der Waals surface area contributed by atoms with Crippen LogP contribution in [0.1, 0.15) is 36.0 Å². The second kappa shape index (κ2) is 6.32. The lowest BCUT2D eigenvalue weighted by Gasteiger charge is -2.25. The molecule has 7 heteroatoms. The molecule has 2 aliphatic rings. The fraction of sp³-hybridized carbons (Fsp3) is 0.500. The van der Waals surface area contributed by atoms with E-state index in [1.807, 2.05) is 9.25 Å². The number of nitrogens with zero attached hydrogens (tertiary/aromatic N) is 4. The summed E-state index contributed by atoms with van der Waals surface area (Å²) in [5.74, 6) is 0.698. The maximum atomic E-state index is 9.51. The van der Waals surface area contributed by atoms with Crippen molar-refractivity contribution in [3.8, 4) is 0 Å². The van der Waals surface area contributed by atoms with Crippen LogP contribution in [0.15, 0.2) is 23.6 Å². The highest BCUT2D eigenvalue weighted by atomic mass is 32.1. The number of hydrogen-bond donors (Lipinski definition) is 1. The molecule has 3 heterocycles. The predicted molar refractivity (Wildman–Crippen MR) is 93.7 cm³/mol. The molecule has 0 atom stereocenters. The molecule has 1 aliphatic heterocycles. The Kier molecular flexibility index (Phi) is 4.19. The summed E-state index contributed by atoms with van der Waals surface area (Å²) < 4.78 is 4.64. The molecule has 1 N–H and O–H groups in total. The number of aliphatic hydroxyl groups excluding tert-OH is 1. The Balaban J connectivity index is 1.48. The Morgan fingerprint density at radius 3 is 2.87 bits per heavy atom. The molecular formula is C16H20N4OS2. The minimum Gasteiger partial charge on any atom is -0.388 e. The molecule has 4 rings (SSSR count). The highest BCUT2D eigenvalue weighted by Gasteiger charge is 2.28. The van der Waals surface area contributed by atoms with Crippen LogP contribution in [0.4, 0.5) is 0 Å². The van der Waals surface area contributed by atoms with E-state index in [1.54, 1.807) is 11.3 Å². The number of rotatable bonds is 5. The van der Waals surface area contributed by atoms with Crippen molar-refractivity contribution in [2.24, 2.45) is 0 Å². The van der Waals surface area contributed by atoms with E-state index in [9.17, 15) is 5.11 Å². The summed E-state index contributed by atoms with van der Waals surface area (Å²) in [6.45, 7) is 2.57. The Morgan fingerprint density at radius 2 is 2.26 bits per heavy atom. The zero-order chi connectivity index (χ0) is 15.8. The predicted octanol–water partition coefficient (Wildman–Crippen LogP) is 3.05. The lowest BCUT2D eigenvalue weighted by molar-refractivity contribution is 0.223. The van der Waals surface area contributed by atoms with Crippen molar-refractivity contribution >= 4 is 29.1 Å². The number of thiophene rings is 1. The first-order chi connectivity index (χ1) is 11.3. The smallest absolute Gasteiger partial charge is 0.199 e. The first kappa shape index (κ1) is 15.3. The molecule has 0 spiro atoms. The van der Waals surface area contributed by atoms with E-state index in [1.165, 1.54) is 10.5 Å². The van der Waals surface area contributed by atoms with Crippen LogP contribution in [0.5, 0.6) is 0 Å². The Hall–Kier alpha value is -1.28. The van der Waals surface area contributed by atoms with E-state index in [0.717, 1.165) is 37.1 Å². The summed E-state index contributed by atoms with van der Waals surface area (Å²) >= 11 is 7.37. The van der Waals surface area contributed by atoms with E-state index < -0.39 is 0 Å². The average molecular weight is 348 g/mol. The molecular weight excluding hydrogens is 328 g/mol. The van der Waals surface area contributed by atoms with Crippen molar-refractivity contribution in [1.82, 2.24) is 19.2 Å². The van der Waals surface area contributed by atoms with Crippen LogP contribution >= 0.6 is 23.6 Å². The first-order valence-electron chi connectivity index (χ1n) is 8.00. The van der Waals surface area contributed by atoms with Gasteiger partial charge in [-0.15, -0.1) is 11.3 Å². The van der Waals surface area contributed by atoms with Crippen LogP contribution in [0.25, 0.3) is 5.57 Å². The maximum absolute atomic E-state index is 9.51. The molecule has 122 valence electrons. The van der Waals surface area contributed by atoms with Crippen LogP contribution in [0.2, 0.25) is 0 Å². The van der Waals surface area contributed by atoms with Gasteiger partial charge in [0.15, 0.2) is 10.6 Å². The van der Waals surface area contributed by atoms with Crippen LogP contribution in [-0.4, -0.2) is 37.4 Å². The standard InChI is InChI=1S/C16H20N4OS2/c21-10-15-17-19(16(22)20(15)13-3-4-13)11-18-7-5-12(6-8-18)14-2-1-9-23-14/h1-2,5,9,13,21H,3-4,6-8,10-11H2.